The molecule has 37 heavy (non-hydrogen) atoms. The molecule has 0 spiro atoms. The summed E-state index contributed by atoms with van der Waals surface area (Å²) < 4.78 is 10.8. The number of amides is 1. The zero-order valence-electron chi connectivity index (χ0n) is 19.3. The summed E-state index contributed by atoms with van der Waals surface area (Å²) in [5.41, 5.74) is 1.34. The zero-order chi connectivity index (χ0) is 26.2. The minimum absolute atomic E-state index is 0.0495. The van der Waals surface area contributed by atoms with E-state index in [2.05, 4.69) is 5.32 Å². The third-order valence-electron chi connectivity index (χ3n) is 5.19. The lowest BCUT2D eigenvalue weighted by molar-refractivity contribution is -0.384. The largest absolute Gasteiger partial charge is 0.457 e. The number of ether oxygens (including phenoxy) is 2. The molecule has 0 aromatic heterocycles. The molecule has 9 nitrogen and oxygen atoms in total. The highest BCUT2D eigenvalue weighted by molar-refractivity contribution is 6.05. The first kappa shape index (κ1) is 24.8. The number of nitrogens with zero attached hydrogens (tertiary/aromatic N) is 1. The lowest BCUT2D eigenvalue weighted by Crippen LogP contribution is -2.15. The number of hydrogen-bond donors (Lipinski definition) is 1. The van der Waals surface area contributed by atoms with E-state index in [4.69, 9.17) is 9.47 Å². The van der Waals surface area contributed by atoms with Gasteiger partial charge in [-0.15, -0.1) is 0 Å². The molecule has 1 amide bonds. The van der Waals surface area contributed by atoms with Gasteiger partial charge in [-0.25, -0.2) is 4.79 Å². The summed E-state index contributed by atoms with van der Waals surface area (Å²) >= 11 is 0. The number of ketones is 1. The van der Waals surface area contributed by atoms with E-state index in [9.17, 15) is 24.5 Å². The maximum Gasteiger partial charge on any atom is 0.338 e. The fourth-order valence-electron chi connectivity index (χ4n) is 3.30. The molecule has 4 aromatic rings. The number of non-ortho nitro benzene ring substituents is 1. The molecule has 1 N–H and O–H groups in total. The first-order chi connectivity index (χ1) is 17.9. The summed E-state index contributed by atoms with van der Waals surface area (Å²) in [7, 11) is 0. The van der Waals surface area contributed by atoms with Crippen molar-refractivity contribution >= 4 is 29.0 Å². The van der Waals surface area contributed by atoms with Gasteiger partial charge in [-0.3, -0.25) is 19.7 Å². The normalized spacial score (nSPS) is 10.3. The molecule has 0 saturated heterocycles. The monoisotopic (exact) mass is 496 g/mol. The average molecular weight is 496 g/mol. The number of esters is 1. The number of carbonyl (C=O) groups is 3. The van der Waals surface area contributed by atoms with E-state index in [1.165, 1.54) is 48.5 Å². The molecule has 0 unspecified atom stereocenters. The van der Waals surface area contributed by atoms with Crippen molar-refractivity contribution in [1.29, 1.82) is 0 Å². The summed E-state index contributed by atoms with van der Waals surface area (Å²) in [6, 6.07) is 26.7. The number of nitro benzene ring substituents is 1. The number of nitrogens with one attached hydrogen (secondary N) is 1. The first-order valence-corrected chi connectivity index (χ1v) is 11.1. The van der Waals surface area contributed by atoms with Crippen molar-refractivity contribution in [2.75, 3.05) is 11.9 Å². The van der Waals surface area contributed by atoms with E-state index in [0.717, 1.165) is 0 Å². The minimum atomic E-state index is -0.706. The zero-order valence-corrected chi connectivity index (χ0v) is 19.3. The van der Waals surface area contributed by atoms with E-state index >= 15 is 0 Å². The fraction of sp³-hybridized carbons (Fsp3) is 0.0357. The van der Waals surface area contributed by atoms with Crippen molar-refractivity contribution in [1.82, 2.24) is 0 Å². The van der Waals surface area contributed by atoms with Gasteiger partial charge < -0.3 is 14.8 Å². The minimum Gasteiger partial charge on any atom is -0.457 e. The Morgan fingerprint density at radius 3 is 2.00 bits per heavy atom. The molecule has 184 valence electrons. The highest BCUT2D eigenvalue weighted by atomic mass is 16.6. The molecule has 0 aliphatic rings. The van der Waals surface area contributed by atoms with Crippen molar-refractivity contribution in [3.63, 3.8) is 0 Å². The summed E-state index contributed by atoms with van der Waals surface area (Å²) in [6.07, 6.45) is 0. The van der Waals surface area contributed by atoms with E-state index in [0.29, 0.717) is 28.3 Å². The number of Topliss-reactive ketones (excluding diaryl/α,β-unsaturated/α-hetero) is 1. The fourth-order valence-corrected chi connectivity index (χ4v) is 3.30. The van der Waals surface area contributed by atoms with E-state index in [1.807, 2.05) is 0 Å². The van der Waals surface area contributed by atoms with Crippen molar-refractivity contribution in [2.24, 2.45) is 0 Å². The summed E-state index contributed by atoms with van der Waals surface area (Å²) in [6.45, 7) is -0.470. The predicted octanol–water partition coefficient (Wildman–Crippen LogP) is 5.68. The Morgan fingerprint density at radius 1 is 0.730 bits per heavy atom. The van der Waals surface area contributed by atoms with Crippen molar-refractivity contribution in [2.45, 2.75) is 0 Å². The summed E-state index contributed by atoms with van der Waals surface area (Å²) in [5.74, 6) is -0.606. The number of anilines is 1. The second kappa shape index (κ2) is 11.4. The number of carbonyl (C=O) groups excluding carboxylic acids is 3. The second-order valence-corrected chi connectivity index (χ2v) is 7.78. The molecule has 4 aromatic carbocycles. The molecule has 0 saturated carbocycles. The van der Waals surface area contributed by atoms with Gasteiger partial charge in [0.05, 0.1) is 10.5 Å². The van der Waals surface area contributed by atoms with Crippen LogP contribution in [0.1, 0.15) is 31.1 Å². The lowest BCUT2D eigenvalue weighted by Gasteiger charge is -2.09. The van der Waals surface area contributed by atoms with Gasteiger partial charge in [0.2, 0.25) is 0 Å². The van der Waals surface area contributed by atoms with E-state index < -0.39 is 23.3 Å². The maximum absolute atomic E-state index is 12.5. The van der Waals surface area contributed by atoms with Crippen LogP contribution in [0.15, 0.2) is 103 Å². The Morgan fingerprint density at radius 2 is 1.35 bits per heavy atom. The van der Waals surface area contributed by atoms with Crippen LogP contribution in [-0.2, 0) is 4.74 Å². The van der Waals surface area contributed by atoms with Crippen LogP contribution in [0.2, 0.25) is 0 Å². The number of nitro groups is 1. The van der Waals surface area contributed by atoms with Gasteiger partial charge in [-0.1, -0.05) is 24.3 Å². The van der Waals surface area contributed by atoms with Crippen molar-refractivity contribution in [3.05, 3.63) is 130 Å². The third-order valence-corrected chi connectivity index (χ3v) is 5.19. The number of hydrogen-bond acceptors (Lipinski definition) is 7. The third kappa shape index (κ3) is 6.64. The lowest BCUT2D eigenvalue weighted by atomic mass is 10.1. The number of rotatable bonds is 9. The van der Waals surface area contributed by atoms with Gasteiger partial charge in [0.25, 0.3) is 11.6 Å². The van der Waals surface area contributed by atoms with Crippen LogP contribution < -0.4 is 10.1 Å². The molecule has 0 atom stereocenters. The van der Waals surface area contributed by atoms with Crippen LogP contribution in [0.4, 0.5) is 11.4 Å². The Kier molecular flexibility index (Phi) is 7.65. The first-order valence-electron chi connectivity index (χ1n) is 11.1. The smallest absolute Gasteiger partial charge is 0.338 e. The topological polar surface area (TPSA) is 125 Å². The van der Waals surface area contributed by atoms with Crippen LogP contribution in [0, 0.1) is 10.1 Å². The molecule has 0 aliphatic carbocycles. The maximum atomic E-state index is 12.5. The Labute approximate surface area is 211 Å². The van der Waals surface area contributed by atoms with Crippen LogP contribution >= 0.6 is 0 Å². The van der Waals surface area contributed by atoms with E-state index in [1.54, 1.807) is 54.6 Å². The summed E-state index contributed by atoms with van der Waals surface area (Å²) in [5, 5.41) is 13.5. The van der Waals surface area contributed by atoms with Gasteiger partial charge in [0.1, 0.15) is 11.5 Å². The standard InChI is InChI=1S/C28H20N2O7/c31-26(19-9-13-24(14-10-19)37-25-15-11-23(12-16-25)30(34)35)18-36-28(33)21-7-4-8-22(17-21)29-27(32)20-5-2-1-3-6-20/h1-17H,18H2,(H,29,32). The van der Waals surface area contributed by atoms with Gasteiger partial charge in [0.15, 0.2) is 12.4 Å². The Bertz CT molecular complexity index is 1430. The van der Waals surface area contributed by atoms with Gasteiger partial charge in [-0.05, 0) is 66.7 Å². The molecule has 9 heteroatoms. The second-order valence-electron chi connectivity index (χ2n) is 7.78. The van der Waals surface area contributed by atoms with E-state index in [-0.39, 0.29) is 17.2 Å². The molecule has 4 rings (SSSR count). The average Bonchev–Trinajstić information content (AvgIpc) is 2.93. The molecule has 0 heterocycles. The SMILES string of the molecule is O=C(COC(=O)c1cccc(NC(=O)c2ccccc2)c1)c1ccc(Oc2ccc([N+](=O)[O-])cc2)cc1. The Balaban J connectivity index is 1.31. The highest BCUT2D eigenvalue weighted by Crippen LogP contribution is 2.24. The quantitative estimate of drug-likeness (QED) is 0.137. The molecular weight excluding hydrogens is 476 g/mol. The Hall–Kier alpha value is -5.31. The van der Waals surface area contributed by atoms with Crippen LogP contribution in [0.5, 0.6) is 11.5 Å². The van der Waals surface area contributed by atoms with Crippen molar-refractivity contribution in [3.8, 4) is 11.5 Å². The molecule has 0 radical (unpaired) electrons. The molecule has 0 aliphatic heterocycles. The number of benzene rings is 4. The van der Waals surface area contributed by atoms with Gasteiger partial charge in [-0.2, -0.15) is 0 Å². The van der Waals surface area contributed by atoms with Crippen LogP contribution in [0.3, 0.4) is 0 Å². The van der Waals surface area contributed by atoms with Crippen molar-refractivity contribution < 1.29 is 28.8 Å². The van der Waals surface area contributed by atoms with Gasteiger partial charge in [0, 0.05) is 28.9 Å². The summed E-state index contributed by atoms with van der Waals surface area (Å²) in [4.78, 5) is 47.5. The predicted molar refractivity (Wildman–Crippen MR) is 135 cm³/mol. The highest BCUT2D eigenvalue weighted by Gasteiger charge is 2.14. The molecule has 0 fully saturated rings. The molecular formula is C28H20N2O7. The van der Waals surface area contributed by atoms with Gasteiger partial charge >= 0.3 is 5.97 Å². The molecule has 0 bridgehead atoms. The van der Waals surface area contributed by atoms with Crippen LogP contribution in [-0.4, -0.2) is 29.2 Å². The van der Waals surface area contributed by atoms with Crippen LogP contribution in [0.25, 0.3) is 0 Å².